The minimum Gasteiger partial charge on any atom is -0.493 e. The van der Waals surface area contributed by atoms with Gasteiger partial charge in [0.25, 0.3) is 0 Å². The zero-order valence-electron chi connectivity index (χ0n) is 15.9. The lowest BCUT2D eigenvalue weighted by Gasteiger charge is -2.56. The number of fused-ring (bicyclic) bond motifs is 3. The highest BCUT2D eigenvalue weighted by Gasteiger charge is 2.50. The molecule has 6 heteroatoms. The Bertz CT molecular complexity index is 1030. The third-order valence-electron chi connectivity index (χ3n) is 6.15. The molecule has 3 heterocycles. The summed E-state index contributed by atoms with van der Waals surface area (Å²) in [6.45, 7) is 3.51. The lowest BCUT2D eigenvalue weighted by atomic mass is 9.59. The molecule has 0 atom stereocenters. The molecule has 3 aliphatic rings. The molecule has 2 aliphatic heterocycles. The van der Waals surface area contributed by atoms with E-state index < -0.39 is 11.6 Å². The second-order valence-electron chi connectivity index (χ2n) is 8.49. The maximum atomic E-state index is 13.4. The molecule has 0 spiro atoms. The molecule has 3 aromatic rings. The average Bonchev–Trinajstić information content (AvgIpc) is 3.02. The molecule has 1 aromatic heterocycles. The fourth-order valence-electron chi connectivity index (χ4n) is 4.95. The second-order valence-corrected chi connectivity index (χ2v) is 8.49. The second kappa shape index (κ2) is 6.55. The number of halogens is 2. The van der Waals surface area contributed by atoms with Gasteiger partial charge in [0.15, 0.2) is 11.6 Å². The van der Waals surface area contributed by atoms with Crippen LogP contribution in [-0.2, 0) is 13.6 Å². The molecule has 0 radical (unpaired) electrons. The van der Waals surface area contributed by atoms with Gasteiger partial charge in [-0.1, -0.05) is 6.07 Å². The summed E-state index contributed by atoms with van der Waals surface area (Å²) in [6, 6.07) is 10.2. The molecule has 28 heavy (non-hydrogen) atoms. The Morgan fingerprint density at radius 1 is 1.14 bits per heavy atom. The van der Waals surface area contributed by atoms with E-state index in [4.69, 9.17) is 4.74 Å². The number of imidazole rings is 1. The predicted octanol–water partition coefficient (Wildman–Crippen LogP) is 4.14. The van der Waals surface area contributed by atoms with Gasteiger partial charge < -0.3 is 9.30 Å². The van der Waals surface area contributed by atoms with Gasteiger partial charge >= 0.3 is 0 Å². The normalized spacial score (nSPS) is 24.3. The van der Waals surface area contributed by atoms with Gasteiger partial charge in [0.2, 0.25) is 0 Å². The van der Waals surface area contributed by atoms with Crippen molar-refractivity contribution in [2.45, 2.75) is 19.4 Å². The number of ether oxygens (including phenoxy) is 1. The quantitative estimate of drug-likeness (QED) is 0.663. The van der Waals surface area contributed by atoms with Crippen molar-refractivity contribution >= 4 is 11.0 Å². The third-order valence-corrected chi connectivity index (χ3v) is 6.15. The van der Waals surface area contributed by atoms with Gasteiger partial charge in [0, 0.05) is 38.2 Å². The van der Waals surface area contributed by atoms with Crippen LogP contribution in [0.15, 0.2) is 42.7 Å². The van der Waals surface area contributed by atoms with Gasteiger partial charge in [0.1, 0.15) is 5.75 Å². The number of hydrogen-bond donors (Lipinski definition) is 0. The van der Waals surface area contributed by atoms with Crippen molar-refractivity contribution in [1.82, 2.24) is 14.5 Å². The van der Waals surface area contributed by atoms with Crippen molar-refractivity contribution in [3.05, 3.63) is 59.9 Å². The van der Waals surface area contributed by atoms with Crippen LogP contribution >= 0.6 is 0 Å². The fraction of sp³-hybridized carbons (Fsp3) is 0.409. The van der Waals surface area contributed by atoms with Crippen molar-refractivity contribution in [2.75, 3.05) is 19.7 Å². The summed E-state index contributed by atoms with van der Waals surface area (Å²) in [6.07, 6.45) is 4.13. The number of nitrogens with zero attached hydrogens (tertiary/aromatic N) is 3. The maximum Gasteiger partial charge on any atom is 0.162 e. The predicted molar refractivity (Wildman–Crippen MR) is 103 cm³/mol. The van der Waals surface area contributed by atoms with E-state index in [2.05, 4.69) is 28.1 Å². The topological polar surface area (TPSA) is 30.3 Å². The molecule has 0 unspecified atom stereocenters. The van der Waals surface area contributed by atoms with Gasteiger partial charge in [-0.3, -0.25) is 4.90 Å². The van der Waals surface area contributed by atoms with Crippen LogP contribution in [0, 0.1) is 23.0 Å². The minimum atomic E-state index is -0.864. The van der Waals surface area contributed by atoms with E-state index in [1.54, 1.807) is 0 Å². The summed E-state index contributed by atoms with van der Waals surface area (Å²) >= 11 is 0. The van der Waals surface area contributed by atoms with Crippen LogP contribution in [0.3, 0.4) is 0 Å². The van der Waals surface area contributed by atoms with Crippen molar-refractivity contribution in [2.24, 2.45) is 18.4 Å². The van der Waals surface area contributed by atoms with Crippen molar-refractivity contribution < 1.29 is 13.5 Å². The summed E-state index contributed by atoms with van der Waals surface area (Å²) in [5.41, 5.74) is 3.55. The van der Waals surface area contributed by atoms with Gasteiger partial charge in [-0.15, -0.1) is 0 Å². The highest BCUT2D eigenvalue weighted by Crippen LogP contribution is 2.50. The van der Waals surface area contributed by atoms with Crippen molar-refractivity contribution in [3.8, 4) is 5.75 Å². The molecule has 0 amide bonds. The van der Waals surface area contributed by atoms with E-state index in [0.29, 0.717) is 18.3 Å². The summed E-state index contributed by atoms with van der Waals surface area (Å²) < 4.78 is 34.4. The molecule has 1 aliphatic carbocycles. The highest BCUT2D eigenvalue weighted by atomic mass is 19.2. The molecule has 4 nitrogen and oxygen atoms in total. The zero-order chi connectivity index (χ0) is 19.3. The highest BCUT2D eigenvalue weighted by molar-refractivity contribution is 5.75. The van der Waals surface area contributed by atoms with Crippen LogP contribution in [0.1, 0.15) is 18.4 Å². The third kappa shape index (κ3) is 3.15. The molecule has 146 valence electrons. The van der Waals surface area contributed by atoms with Gasteiger partial charge in [-0.25, -0.2) is 13.8 Å². The summed E-state index contributed by atoms with van der Waals surface area (Å²) in [5, 5.41) is 0. The zero-order valence-corrected chi connectivity index (χ0v) is 15.9. The van der Waals surface area contributed by atoms with E-state index in [0.717, 1.165) is 55.6 Å². The number of benzene rings is 2. The van der Waals surface area contributed by atoms with Crippen LogP contribution in [0.4, 0.5) is 8.78 Å². The van der Waals surface area contributed by atoms with Gasteiger partial charge in [-0.2, -0.15) is 0 Å². The first-order valence-electron chi connectivity index (χ1n) is 9.70. The van der Waals surface area contributed by atoms with Crippen LogP contribution < -0.4 is 4.74 Å². The summed E-state index contributed by atoms with van der Waals surface area (Å²) in [7, 11) is 2.00. The van der Waals surface area contributed by atoms with E-state index in [-0.39, 0.29) is 5.41 Å². The lowest BCUT2D eigenvalue weighted by Crippen LogP contribution is -2.58. The number of aromatic nitrogens is 2. The number of piperidine rings is 2. The number of aryl methyl sites for hydroxylation is 1. The molecule has 2 bridgehead atoms. The Morgan fingerprint density at radius 3 is 2.82 bits per heavy atom. The van der Waals surface area contributed by atoms with Crippen molar-refractivity contribution in [1.29, 1.82) is 0 Å². The molecule has 6 rings (SSSR count). The summed E-state index contributed by atoms with van der Waals surface area (Å²) in [5.74, 6) is -0.616. The maximum absolute atomic E-state index is 13.4. The summed E-state index contributed by atoms with van der Waals surface area (Å²) in [4.78, 5) is 6.94. The standard InChI is InChI=1S/C22H23F2N3O/c1-26-14-25-20-6-15(2-5-21(20)26)10-27-11-16-8-22(9-16,12-27)13-28-17-3-4-18(23)19(24)7-17/h2-7,14,16H,8-13H2,1H3. The van der Waals surface area contributed by atoms with E-state index in [9.17, 15) is 8.78 Å². The molecular formula is C22H23F2N3O. The average molecular weight is 383 g/mol. The Kier molecular flexibility index (Phi) is 4.12. The Balaban J connectivity index is 1.24. The molecule has 2 aromatic carbocycles. The monoisotopic (exact) mass is 383 g/mol. The largest absolute Gasteiger partial charge is 0.493 e. The first-order chi connectivity index (χ1) is 13.5. The first kappa shape index (κ1) is 17.6. The minimum absolute atomic E-state index is 0.114. The first-order valence-corrected chi connectivity index (χ1v) is 9.70. The van der Waals surface area contributed by atoms with Crippen LogP contribution in [-0.4, -0.2) is 34.1 Å². The van der Waals surface area contributed by atoms with E-state index >= 15 is 0 Å². The van der Waals surface area contributed by atoms with E-state index in [1.165, 1.54) is 11.6 Å². The SMILES string of the molecule is Cn1cnc2cc(CN3CC4CC(COc5ccc(F)c(F)c5)(C4)C3)ccc21. The molecular weight excluding hydrogens is 360 g/mol. The van der Waals surface area contributed by atoms with E-state index in [1.807, 2.05) is 17.9 Å². The van der Waals surface area contributed by atoms with Crippen LogP contribution in [0.25, 0.3) is 11.0 Å². The Labute approximate surface area is 162 Å². The molecule has 1 saturated carbocycles. The molecule has 2 saturated heterocycles. The Morgan fingerprint density at radius 2 is 2.00 bits per heavy atom. The smallest absolute Gasteiger partial charge is 0.162 e. The number of hydrogen-bond acceptors (Lipinski definition) is 3. The van der Waals surface area contributed by atoms with Gasteiger partial charge in [0.05, 0.1) is 24.0 Å². The lowest BCUT2D eigenvalue weighted by molar-refractivity contribution is -0.0883. The Hall–Kier alpha value is -2.47. The molecule has 3 fully saturated rings. The fourth-order valence-corrected chi connectivity index (χ4v) is 4.95. The van der Waals surface area contributed by atoms with Crippen LogP contribution in [0.5, 0.6) is 5.75 Å². The molecule has 0 N–H and O–H groups in total. The van der Waals surface area contributed by atoms with Gasteiger partial charge in [-0.05, 0) is 48.6 Å². The number of rotatable bonds is 5. The van der Waals surface area contributed by atoms with Crippen LogP contribution in [0.2, 0.25) is 0 Å². The van der Waals surface area contributed by atoms with Crippen molar-refractivity contribution in [3.63, 3.8) is 0 Å².